The van der Waals surface area contributed by atoms with Crippen molar-refractivity contribution in [3.63, 3.8) is 0 Å². The molecule has 5 nitrogen and oxygen atoms in total. The summed E-state index contributed by atoms with van der Waals surface area (Å²) in [6.07, 6.45) is 4.74. The second-order valence-corrected chi connectivity index (χ2v) is 8.44. The molecular weight excluding hydrogens is 396 g/mol. The number of benzene rings is 2. The Morgan fingerprint density at radius 2 is 2.00 bits per heavy atom. The van der Waals surface area contributed by atoms with Gasteiger partial charge in [-0.2, -0.15) is 0 Å². The van der Waals surface area contributed by atoms with Crippen LogP contribution in [-0.2, 0) is 22.4 Å². The summed E-state index contributed by atoms with van der Waals surface area (Å²) >= 11 is 1.72. The fourth-order valence-corrected chi connectivity index (χ4v) is 4.89. The average Bonchev–Trinajstić information content (AvgIpc) is 3.22. The van der Waals surface area contributed by atoms with Crippen molar-refractivity contribution in [1.82, 2.24) is 9.97 Å². The van der Waals surface area contributed by atoms with E-state index >= 15 is 0 Å². The first kappa shape index (κ1) is 18.8. The van der Waals surface area contributed by atoms with Gasteiger partial charge in [-0.1, -0.05) is 18.2 Å². The Hall–Kier alpha value is -3.25. The molecule has 1 aliphatic rings. The smallest absolute Gasteiger partial charge is 0.309 e. The summed E-state index contributed by atoms with van der Waals surface area (Å²) in [4.78, 5) is 20.6. The summed E-state index contributed by atoms with van der Waals surface area (Å²) in [6, 6.07) is 16.3. The Labute approximate surface area is 178 Å². The summed E-state index contributed by atoms with van der Waals surface area (Å²) in [5.74, 6) is 0.855. The fourth-order valence-electron chi connectivity index (χ4n) is 3.80. The van der Waals surface area contributed by atoms with E-state index in [1.165, 1.54) is 11.8 Å². The van der Waals surface area contributed by atoms with Crippen molar-refractivity contribution in [3.05, 3.63) is 77.1 Å². The van der Waals surface area contributed by atoms with E-state index in [9.17, 15) is 4.79 Å². The molecule has 4 aromatic rings. The van der Waals surface area contributed by atoms with E-state index in [1.807, 2.05) is 42.7 Å². The fraction of sp³-hybridized carbons (Fsp3) is 0.208. The average molecular weight is 417 g/mol. The second kappa shape index (κ2) is 7.88. The predicted molar refractivity (Wildman–Crippen MR) is 117 cm³/mol. The number of methoxy groups -OCH3 is 1. The van der Waals surface area contributed by atoms with Crippen molar-refractivity contribution in [3.8, 4) is 16.9 Å². The van der Waals surface area contributed by atoms with Crippen LogP contribution >= 0.6 is 11.3 Å². The summed E-state index contributed by atoms with van der Waals surface area (Å²) in [6.45, 7) is 0.611. The highest BCUT2D eigenvalue weighted by Gasteiger charge is 2.25. The summed E-state index contributed by atoms with van der Waals surface area (Å²) in [7, 11) is 1.41. The first-order valence-corrected chi connectivity index (χ1v) is 10.6. The van der Waals surface area contributed by atoms with E-state index < -0.39 is 0 Å². The predicted octanol–water partition coefficient (Wildman–Crippen LogP) is 4.79. The zero-order valence-corrected chi connectivity index (χ0v) is 17.3. The first-order chi connectivity index (χ1) is 14.7. The van der Waals surface area contributed by atoms with Crippen molar-refractivity contribution in [2.75, 3.05) is 13.7 Å². The lowest BCUT2D eigenvalue weighted by atomic mass is 9.95. The molecular formula is C24H20N2O3S. The Balaban J connectivity index is 1.41. The van der Waals surface area contributed by atoms with Crippen LogP contribution in [0.25, 0.3) is 21.3 Å². The molecule has 2 aromatic heterocycles. The SMILES string of the molecule is COC(=O)Cc1ccc2c(c1)CC(c1nc3ccc(-c4ccncc4)cc3s1)CO2. The highest BCUT2D eigenvalue weighted by molar-refractivity contribution is 7.18. The molecule has 1 atom stereocenters. The number of esters is 1. The number of carbonyl (C=O) groups is 1. The van der Waals surface area contributed by atoms with Crippen LogP contribution in [0.15, 0.2) is 60.9 Å². The summed E-state index contributed by atoms with van der Waals surface area (Å²) in [5.41, 5.74) is 5.38. The van der Waals surface area contributed by atoms with Gasteiger partial charge in [0.05, 0.1) is 30.4 Å². The van der Waals surface area contributed by atoms with E-state index in [-0.39, 0.29) is 18.3 Å². The molecule has 0 saturated heterocycles. The van der Waals surface area contributed by atoms with E-state index in [2.05, 4.69) is 23.2 Å². The number of thiazole rings is 1. The van der Waals surface area contributed by atoms with Gasteiger partial charge in [-0.05, 0) is 59.0 Å². The standard InChI is InChI=1S/C24H20N2O3S/c1-28-23(27)11-15-2-5-21-18(10-15)12-19(14-29-21)24-26-20-4-3-17(13-22(20)30-24)16-6-8-25-9-7-16/h2-10,13,19H,11-12,14H2,1H3. The minimum Gasteiger partial charge on any atom is -0.493 e. The zero-order valence-electron chi connectivity index (χ0n) is 16.5. The van der Waals surface area contributed by atoms with Crippen molar-refractivity contribution < 1.29 is 14.3 Å². The maximum absolute atomic E-state index is 11.6. The van der Waals surface area contributed by atoms with Gasteiger partial charge in [0.25, 0.3) is 0 Å². The number of nitrogens with zero attached hydrogens (tertiary/aromatic N) is 2. The molecule has 3 heterocycles. The van der Waals surface area contributed by atoms with Crippen LogP contribution in [0.2, 0.25) is 0 Å². The topological polar surface area (TPSA) is 61.3 Å². The molecule has 0 radical (unpaired) electrons. The zero-order chi connectivity index (χ0) is 20.5. The Morgan fingerprint density at radius 1 is 1.13 bits per heavy atom. The van der Waals surface area contributed by atoms with Gasteiger partial charge in [0.2, 0.25) is 0 Å². The Bertz CT molecular complexity index is 1220. The van der Waals surface area contributed by atoms with E-state index in [4.69, 9.17) is 14.5 Å². The molecule has 1 unspecified atom stereocenters. The molecule has 6 heteroatoms. The minimum absolute atomic E-state index is 0.202. The summed E-state index contributed by atoms with van der Waals surface area (Å²) in [5, 5.41) is 1.08. The maximum Gasteiger partial charge on any atom is 0.309 e. The molecule has 0 saturated carbocycles. The third-order valence-electron chi connectivity index (χ3n) is 5.38. The van der Waals surface area contributed by atoms with E-state index in [0.717, 1.165) is 44.9 Å². The Kier molecular flexibility index (Phi) is 4.93. The van der Waals surface area contributed by atoms with Crippen LogP contribution in [0.4, 0.5) is 0 Å². The molecule has 150 valence electrons. The lowest BCUT2D eigenvalue weighted by Gasteiger charge is -2.24. The van der Waals surface area contributed by atoms with Crippen molar-refractivity contribution >= 4 is 27.5 Å². The maximum atomic E-state index is 11.6. The van der Waals surface area contributed by atoms with Crippen LogP contribution < -0.4 is 4.74 Å². The number of rotatable bonds is 4. The van der Waals surface area contributed by atoms with Crippen LogP contribution in [-0.4, -0.2) is 29.7 Å². The number of hydrogen-bond acceptors (Lipinski definition) is 6. The number of ether oxygens (including phenoxy) is 2. The molecule has 2 aromatic carbocycles. The second-order valence-electron chi connectivity index (χ2n) is 7.38. The van der Waals surface area contributed by atoms with Crippen LogP contribution in [0.5, 0.6) is 5.75 Å². The Morgan fingerprint density at radius 3 is 2.83 bits per heavy atom. The minimum atomic E-state index is -0.237. The van der Waals surface area contributed by atoms with E-state index in [0.29, 0.717) is 6.61 Å². The highest BCUT2D eigenvalue weighted by Crippen LogP contribution is 2.37. The molecule has 0 fully saturated rings. The first-order valence-electron chi connectivity index (χ1n) is 9.82. The van der Waals surface area contributed by atoms with Gasteiger partial charge in [0, 0.05) is 18.3 Å². The number of fused-ring (bicyclic) bond motifs is 2. The lowest BCUT2D eigenvalue weighted by Crippen LogP contribution is -2.19. The molecule has 0 N–H and O–H groups in total. The van der Waals surface area contributed by atoms with Crippen LogP contribution in [0.1, 0.15) is 22.1 Å². The van der Waals surface area contributed by atoms with Crippen LogP contribution in [0.3, 0.4) is 0 Å². The van der Waals surface area contributed by atoms with Gasteiger partial charge < -0.3 is 9.47 Å². The summed E-state index contributed by atoms with van der Waals surface area (Å²) < 4.78 is 12.0. The van der Waals surface area contributed by atoms with Gasteiger partial charge >= 0.3 is 5.97 Å². The third-order valence-corrected chi connectivity index (χ3v) is 6.56. The number of hydrogen-bond donors (Lipinski definition) is 0. The van der Waals surface area contributed by atoms with Crippen molar-refractivity contribution in [2.24, 2.45) is 0 Å². The molecule has 0 amide bonds. The van der Waals surface area contributed by atoms with E-state index in [1.54, 1.807) is 11.3 Å². The number of aromatic nitrogens is 2. The van der Waals surface area contributed by atoms with Gasteiger partial charge in [-0.3, -0.25) is 9.78 Å². The molecule has 0 bridgehead atoms. The quantitative estimate of drug-likeness (QED) is 0.448. The van der Waals surface area contributed by atoms with Crippen molar-refractivity contribution in [1.29, 1.82) is 0 Å². The van der Waals surface area contributed by atoms with Crippen LogP contribution in [0, 0.1) is 0 Å². The lowest BCUT2D eigenvalue weighted by molar-refractivity contribution is -0.139. The molecule has 30 heavy (non-hydrogen) atoms. The number of carbonyl (C=O) groups excluding carboxylic acids is 1. The highest BCUT2D eigenvalue weighted by atomic mass is 32.1. The normalized spacial score (nSPS) is 15.4. The largest absolute Gasteiger partial charge is 0.493 e. The number of pyridine rings is 1. The van der Waals surface area contributed by atoms with Crippen molar-refractivity contribution in [2.45, 2.75) is 18.8 Å². The third kappa shape index (κ3) is 3.66. The molecule has 0 aliphatic carbocycles. The molecule has 0 spiro atoms. The van der Waals surface area contributed by atoms with Gasteiger partial charge in [0.15, 0.2) is 0 Å². The monoisotopic (exact) mass is 416 g/mol. The van der Waals surface area contributed by atoms with Gasteiger partial charge in [-0.15, -0.1) is 11.3 Å². The molecule has 5 rings (SSSR count). The molecule has 1 aliphatic heterocycles. The van der Waals surface area contributed by atoms with Gasteiger partial charge in [-0.25, -0.2) is 4.98 Å². The van der Waals surface area contributed by atoms with Gasteiger partial charge in [0.1, 0.15) is 10.8 Å².